The van der Waals surface area contributed by atoms with Crippen LogP contribution in [0.4, 0.5) is 4.79 Å². The van der Waals surface area contributed by atoms with Crippen LogP contribution in [0.25, 0.3) is 0 Å². The number of carbonyl (C=O) groups excluding carboxylic acids is 1. The van der Waals surface area contributed by atoms with Crippen molar-refractivity contribution in [1.29, 1.82) is 0 Å². The topological polar surface area (TPSA) is 81.1 Å². The summed E-state index contributed by atoms with van der Waals surface area (Å²) in [5.74, 6) is -0.510. The van der Waals surface area contributed by atoms with E-state index in [9.17, 15) is 14.7 Å². The zero-order chi connectivity index (χ0) is 14.0. The number of rotatable bonds is 3. The Morgan fingerprint density at radius 2 is 1.95 bits per heavy atom. The molecule has 1 saturated heterocycles. The second kappa shape index (κ2) is 5.77. The van der Waals surface area contributed by atoms with Crippen molar-refractivity contribution >= 4 is 12.0 Å². The summed E-state index contributed by atoms with van der Waals surface area (Å²) in [6.45, 7) is 0.794. The first kappa shape index (κ1) is 14.1. The summed E-state index contributed by atoms with van der Waals surface area (Å²) in [6, 6.07) is -1.18. The lowest BCUT2D eigenvalue weighted by Gasteiger charge is -2.29. The molecular weight excluding hydrogens is 248 g/mol. The lowest BCUT2D eigenvalue weighted by Crippen LogP contribution is -2.47. The van der Waals surface area contributed by atoms with Crippen molar-refractivity contribution in [2.45, 2.75) is 44.2 Å². The van der Waals surface area contributed by atoms with Gasteiger partial charge in [0.15, 0.2) is 0 Å². The Labute approximate surface area is 113 Å². The Balaban J connectivity index is 1.95. The molecular formula is C13H22N2O4. The number of β-amino-alcohol motifs (C(OH)–C–C–N with tert-alkyl or cyclic N) is 1. The molecule has 0 aromatic rings. The minimum Gasteiger partial charge on any atom is -0.480 e. The van der Waals surface area contributed by atoms with Crippen LogP contribution >= 0.6 is 0 Å². The summed E-state index contributed by atoms with van der Waals surface area (Å²) >= 11 is 0. The van der Waals surface area contributed by atoms with Crippen molar-refractivity contribution in [3.63, 3.8) is 0 Å². The predicted molar refractivity (Wildman–Crippen MR) is 68.7 cm³/mol. The number of nitrogens with zero attached hydrogens (tertiary/aromatic N) is 2. The van der Waals surface area contributed by atoms with Gasteiger partial charge in [-0.25, -0.2) is 9.59 Å². The van der Waals surface area contributed by atoms with Crippen molar-refractivity contribution in [3.8, 4) is 0 Å². The fourth-order valence-electron chi connectivity index (χ4n) is 3.14. The molecule has 6 nitrogen and oxygen atoms in total. The van der Waals surface area contributed by atoms with Gasteiger partial charge < -0.3 is 20.0 Å². The molecule has 2 amide bonds. The molecule has 19 heavy (non-hydrogen) atoms. The van der Waals surface area contributed by atoms with Crippen LogP contribution in [0.2, 0.25) is 0 Å². The highest BCUT2D eigenvalue weighted by Gasteiger charge is 2.40. The predicted octanol–water partition coefficient (Wildman–Crippen LogP) is 0.748. The van der Waals surface area contributed by atoms with Gasteiger partial charge in [0.25, 0.3) is 0 Å². The maximum Gasteiger partial charge on any atom is 0.326 e. The van der Waals surface area contributed by atoms with Gasteiger partial charge in [-0.15, -0.1) is 0 Å². The molecule has 0 bridgehead atoms. The smallest absolute Gasteiger partial charge is 0.326 e. The molecule has 0 radical (unpaired) electrons. The van der Waals surface area contributed by atoms with Crippen LogP contribution in [0, 0.1) is 5.92 Å². The van der Waals surface area contributed by atoms with Gasteiger partial charge in [0.1, 0.15) is 6.04 Å². The summed E-state index contributed by atoms with van der Waals surface area (Å²) in [4.78, 5) is 26.3. The van der Waals surface area contributed by atoms with E-state index in [1.807, 2.05) is 0 Å². The first-order chi connectivity index (χ1) is 8.99. The molecule has 0 spiro atoms. The number of carboxylic acid groups (broad SMARTS) is 1. The number of aliphatic carboxylic acids is 1. The quantitative estimate of drug-likeness (QED) is 0.793. The lowest BCUT2D eigenvalue weighted by atomic mass is 10.1. The SMILES string of the molecule is CN(CC1CCCC1)C(=O)N1CC(O)CC1C(=O)O. The molecule has 2 rings (SSSR count). The second-order valence-corrected chi connectivity index (χ2v) is 5.71. The van der Waals surface area contributed by atoms with E-state index in [-0.39, 0.29) is 19.0 Å². The van der Waals surface area contributed by atoms with Crippen molar-refractivity contribution in [2.24, 2.45) is 5.92 Å². The Bertz CT molecular complexity index is 355. The van der Waals surface area contributed by atoms with E-state index in [0.717, 1.165) is 12.8 Å². The molecule has 2 fully saturated rings. The van der Waals surface area contributed by atoms with E-state index >= 15 is 0 Å². The van der Waals surface area contributed by atoms with Gasteiger partial charge in [-0.05, 0) is 18.8 Å². The van der Waals surface area contributed by atoms with E-state index in [1.54, 1.807) is 11.9 Å². The molecule has 0 aromatic heterocycles. The number of carbonyl (C=O) groups is 2. The van der Waals surface area contributed by atoms with Crippen LogP contribution < -0.4 is 0 Å². The summed E-state index contributed by atoms with van der Waals surface area (Å²) in [6.07, 6.45) is 4.11. The normalized spacial score (nSPS) is 27.8. The van der Waals surface area contributed by atoms with Crippen LogP contribution in [-0.4, -0.2) is 64.3 Å². The van der Waals surface area contributed by atoms with Crippen LogP contribution in [0.5, 0.6) is 0 Å². The molecule has 108 valence electrons. The highest BCUT2D eigenvalue weighted by Crippen LogP contribution is 2.26. The van der Waals surface area contributed by atoms with Crippen LogP contribution in [0.1, 0.15) is 32.1 Å². The fraction of sp³-hybridized carbons (Fsp3) is 0.846. The Hall–Kier alpha value is -1.30. The molecule has 1 aliphatic heterocycles. The maximum atomic E-state index is 12.3. The van der Waals surface area contributed by atoms with Crippen molar-refractivity contribution in [3.05, 3.63) is 0 Å². The summed E-state index contributed by atoms with van der Waals surface area (Å²) < 4.78 is 0. The van der Waals surface area contributed by atoms with E-state index in [2.05, 4.69) is 0 Å². The van der Waals surface area contributed by atoms with Gasteiger partial charge in [0.2, 0.25) is 0 Å². The van der Waals surface area contributed by atoms with E-state index in [4.69, 9.17) is 5.11 Å². The summed E-state index contributed by atoms with van der Waals surface area (Å²) in [5, 5.41) is 18.7. The second-order valence-electron chi connectivity index (χ2n) is 5.71. The number of aliphatic hydroxyl groups is 1. The number of urea groups is 1. The minimum atomic E-state index is -1.04. The average Bonchev–Trinajstić information content (AvgIpc) is 2.97. The zero-order valence-corrected chi connectivity index (χ0v) is 11.3. The third-order valence-corrected chi connectivity index (χ3v) is 4.14. The summed E-state index contributed by atoms with van der Waals surface area (Å²) in [7, 11) is 1.71. The third kappa shape index (κ3) is 3.18. The van der Waals surface area contributed by atoms with Crippen molar-refractivity contribution in [2.75, 3.05) is 20.1 Å². The number of amides is 2. The van der Waals surface area contributed by atoms with Gasteiger partial charge >= 0.3 is 12.0 Å². The van der Waals surface area contributed by atoms with Crippen molar-refractivity contribution in [1.82, 2.24) is 9.80 Å². The molecule has 1 heterocycles. The van der Waals surface area contributed by atoms with Gasteiger partial charge in [0, 0.05) is 26.6 Å². The number of aliphatic hydroxyl groups excluding tert-OH is 1. The maximum absolute atomic E-state index is 12.3. The van der Waals surface area contributed by atoms with Gasteiger partial charge in [-0.2, -0.15) is 0 Å². The fourth-order valence-corrected chi connectivity index (χ4v) is 3.14. The Morgan fingerprint density at radius 3 is 2.53 bits per heavy atom. The highest BCUT2D eigenvalue weighted by molar-refractivity contribution is 5.83. The van der Waals surface area contributed by atoms with E-state index < -0.39 is 18.1 Å². The van der Waals surface area contributed by atoms with Crippen LogP contribution in [0.3, 0.4) is 0 Å². The lowest BCUT2D eigenvalue weighted by molar-refractivity contribution is -0.141. The van der Waals surface area contributed by atoms with Gasteiger partial charge in [-0.3, -0.25) is 0 Å². The van der Waals surface area contributed by atoms with Crippen LogP contribution in [-0.2, 0) is 4.79 Å². The largest absolute Gasteiger partial charge is 0.480 e. The molecule has 1 aliphatic carbocycles. The van der Waals surface area contributed by atoms with Gasteiger partial charge in [0.05, 0.1) is 6.10 Å². The zero-order valence-electron chi connectivity index (χ0n) is 11.3. The van der Waals surface area contributed by atoms with Gasteiger partial charge in [-0.1, -0.05) is 12.8 Å². The van der Waals surface area contributed by atoms with E-state index in [1.165, 1.54) is 17.7 Å². The highest BCUT2D eigenvalue weighted by atomic mass is 16.4. The third-order valence-electron chi connectivity index (χ3n) is 4.14. The summed E-state index contributed by atoms with van der Waals surface area (Å²) in [5.41, 5.74) is 0. The number of carboxylic acids is 1. The average molecular weight is 270 g/mol. The standard InChI is InChI=1S/C13H22N2O4/c1-14(7-9-4-2-3-5-9)13(19)15-8-10(16)6-11(15)12(17)18/h9-11,16H,2-8H2,1H3,(H,17,18). The molecule has 0 aromatic carbocycles. The van der Waals surface area contributed by atoms with Crippen LogP contribution in [0.15, 0.2) is 0 Å². The number of likely N-dealkylation sites (tertiary alicyclic amines) is 1. The molecule has 2 aliphatic rings. The monoisotopic (exact) mass is 270 g/mol. The Kier molecular flexibility index (Phi) is 4.29. The van der Waals surface area contributed by atoms with Crippen molar-refractivity contribution < 1.29 is 19.8 Å². The molecule has 2 unspecified atom stereocenters. The van der Waals surface area contributed by atoms with E-state index in [0.29, 0.717) is 12.5 Å². The molecule has 2 atom stereocenters. The first-order valence-electron chi connectivity index (χ1n) is 6.91. The Morgan fingerprint density at radius 1 is 1.32 bits per heavy atom. The number of hydrogen-bond acceptors (Lipinski definition) is 3. The molecule has 6 heteroatoms. The first-order valence-corrected chi connectivity index (χ1v) is 6.91. The molecule has 2 N–H and O–H groups in total. The minimum absolute atomic E-state index is 0.116. The molecule has 1 saturated carbocycles. The number of hydrogen-bond donors (Lipinski definition) is 2.